The minimum atomic E-state index is -1.59. The van der Waals surface area contributed by atoms with E-state index in [1.807, 2.05) is 0 Å². The molecule has 216 valence electrons. The smallest absolute Gasteiger partial charge is 0.312 e. The number of ether oxygens (including phenoxy) is 4. The van der Waals surface area contributed by atoms with Crippen molar-refractivity contribution in [2.24, 2.45) is 23.7 Å². The fourth-order valence-corrected chi connectivity index (χ4v) is 6.11. The van der Waals surface area contributed by atoms with Gasteiger partial charge in [0.1, 0.15) is 42.7 Å². The van der Waals surface area contributed by atoms with Crippen LogP contribution in [0.3, 0.4) is 0 Å². The Balaban J connectivity index is 1.71. The molecule has 2 saturated heterocycles. The average Bonchev–Trinajstić information content (AvgIpc) is 2.87. The monoisotopic (exact) mass is 552 g/mol. The van der Waals surface area contributed by atoms with Crippen LogP contribution in [0.1, 0.15) is 40.5 Å². The van der Waals surface area contributed by atoms with Crippen molar-refractivity contribution in [1.82, 2.24) is 0 Å². The van der Waals surface area contributed by atoms with Crippen LogP contribution in [-0.4, -0.2) is 118 Å². The lowest BCUT2D eigenvalue weighted by atomic mass is 9.67. The first kappa shape index (κ1) is 31.6. The molecule has 37 heavy (non-hydrogen) atoms. The highest BCUT2D eigenvalue weighted by atomic mass is 31.0. The molecule has 7 unspecified atom stereocenters. The van der Waals surface area contributed by atoms with E-state index in [9.17, 15) is 30.6 Å². The summed E-state index contributed by atoms with van der Waals surface area (Å²) in [5.41, 5.74) is 0. The van der Waals surface area contributed by atoms with Gasteiger partial charge in [0, 0.05) is 0 Å². The Morgan fingerprint density at radius 2 is 1.27 bits per heavy atom. The molecule has 1 saturated carbocycles. The van der Waals surface area contributed by atoms with Gasteiger partial charge in [-0.2, -0.15) is 0 Å². The van der Waals surface area contributed by atoms with Gasteiger partial charge in [-0.1, -0.05) is 40.9 Å². The Morgan fingerprint density at radius 3 is 1.76 bits per heavy atom. The first-order valence-electron chi connectivity index (χ1n) is 13.4. The largest absolute Gasteiger partial charge is 0.424 e. The van der Waals surface area contributed by atoms with Crippen molar-refractivity contribution in [3.63, 3.8) is 0 Å². The molecule has 6 N–H and O–H groups in total. The van der Waals surface area contributed by atoms with E-state index < -0.39 is 74.6 Å². The van der Waals surface area contributed by atoms with Crippen molar-refractivity contribution in [1.29, 1.82) is 0 Å². The van der Waals surface area contributed by atoms with Gasteiger partial charge in [-0.3, -0.25) is 0 Å². The molecule has 0 amide bonds. The molecular formula is C24H46BO11P. The summed E-state index contributed by atoms with van der Waals surface area (Å²) in [4.78, 5) is 0. The second-order valence-electron chi connectivity index (χ2n) is 11.0. The molecule has 3 fully saturated rings. The minimum absolute atomic E-state index is 0.195. The standard InChI is InChI=1S/C24H46BO11P/c1-6-13-7-10(2)11(3)12(4)20(13)34-23-18(30)16(28)21(14(8-26)32-23)35-24-19(31)17(29)22(36-25(5)37)15(9-27)33-24/h10-24,26-31H,6-9,37H2,1-5H3/t10-,11?,12?,13+,14?,15?,16+,17+,18?,19?,20-,21+,22+,23-,24+/m0/s1. The molecule has 0 aromatic carbocycles. The average molecular weight is 552 g/mol. The highest BCUT2D eigenvalue weighted by molar-refractivity contribution is 7.60. The maximum absolute atomic E-state index is 11.0. The van der Waals surface area contributed by atoms with Gasteiger partial charge in [0.2, 0.25) is 0 Å². The zero-order valence-corrected chi connectivity index (χ0v) is 23.5. The molecule has 2 aliphatic heterocycles. The maximum atomic E-state index is 11.0. The van der Waals surface area contributed by atoms with Gasteiger partial charge in [-0.15, -0.1) is 9.12 Å². The Morgan fingerprint density at radius 1 is 0.784 bits per heavy atom. The van der Waals surface area contributed by atoms with Gasteiger partial charge in [0.05, 0.1) is 25.4 Å². The predicted octanol–water partition coefficient (Wildman–Crippen LogP) is -0.649. The van der Waals surface area contributed by atoms with Crippen LogP contribution in [0, 0.1) is 23.7 Å². The van der Waals surface area contributed by atoms with Crippen molar-refractivity contribution >= 4 is 15.8 Å². The molecule has 0 aromatic rings. The third-order valence-corrected chi connectivity index (χ3v) is 8.66. The molecule has 2 heterocycles. The normalized spacial score (nSPS) is 49.1. The third-order valence-electron chi connectivity index (χ3n) is 8.50. The van der Waals surface area contributed by atoms with Crippen molar-refractivity contribution in [3.05, 3.63) is 0 Å². The number of rotatable bonds is 9. The van der Waals surface area contributed by atoms with Crippen LogP contribution >= 0.6 is 9.12 Å². The Kier molecular flexibility index (Phi) is 11.6. The molecular weight excluding hydrogens is 506 g/mol. The fourth-order valence-electron chi connectivity index (χ4n) is 5.93. The first-order valence-corrected chi connectivity index (χ1v) is 14.1. The topological polar surface area (TPSA) is 168 Å². The van der Waals surface area contributed by atoms with Crippen LogP contribution in [0.5, 0.6) is 0 Å². The van der Waals surface area contributed by atoms with Crippen LogP contribution in [0.15, 0.2) is 0 Å². The summed E-state index contributed by atoms with van der Waals surface area (Å²) in [6.07, 6.45) is -11.6. The highest BCUT2D eigenvalue weighted by Crippen LogP contribution is 2.42. The van der Waals surface area contributed by atoms with E-state index in [2.05, 4.69) is 36.8 Å². The Bertz CT molecular complexity index is 702. The van der Waals surface area contributed by atoms with Gasteiger partial charge in [0.25, 0.3) is 0 Å². The lowest BCUT2D eigenvalue weighted by Crippen LogP contribution is -2.65. The molecule has 16 atom stereocenters. The summed E-state index contributed by atoms with van der Waals surface area (Å²) in [5.74, 6) is 1.40. The van der Waals surface area contributed by atoms with Crippen molar-refractivity contribution in [3.8, 4) is 0 Å². The molecule has 1 aliphatic carbocycles. The second-order valence-corrected chi connectivity index (χ2v) is 12.0. The van der Waals surface area contributed by atoms with Crippen molar-refractivity contribution in [2.75, 3.05) is 13.2 Å². The van der Waals surface area contributed by atoms with E-state index in [1.54, 1.807) is 6.82 Å². The zero-order chi connectivity index (χ0) is 27.6. The van der Waals surface area contributed by atoms with Gasteiger partial charge < -0.3 is 54.2 Å². The van der Waals surface area contributed by atoms with Crippen molar-refractivity contribution < 1.29 is 54.2 Å². The predicted molar refractivity (Wildman–Crippen MR) is 137 cm³/mol. The van der Waals surface area contributed by atoms with E-state index >= 15 is 0 Å². The van der Waals surface area contributed by atoms with Crippen LogP contribution in [-0.2, 0) is 23.6 Å². The van der Waals surface area contributed by atoms with Crippen molar-refractivity contribution in [2.45, 2.75) is 115 Å². The second kappa shape index (κ2) is 13.6. The highest BCUT2D eigenvalue weighted by Gasteiger charge is 2.52. The summed E-state index contributed by atoms with van der Waals surface area (Å²) in [7, 11) is 2.39. The van der Waals surface area contributed by atoms with E-state index in [1.165, 1.54) is 0 Å². The lowest BCUT2D eigenvalue weighted by Gasteiger charge is -2.49. The number of aliphatic hydroxyl groups is 6. The van der Waals surface area contributed by atoms with Crippen LogP contribution in [0.4, 0.5) is 0 Å². The molecule has 13 heteroatoms. The summed E-state index contributed by atoms with van der Waals surface area (Å²) in [6.45, 7) is 8.88. The Hall–Kier alpha value is 0.0549. The first-order chi connectivity index (χ1) is 17.4. The maximum Gasteiger partial charge on any atom is 0.312 e. The molecule has 0 aromatic heterocycles. The quantitative estimate of drug-likeness (QED) is 0.159. The molecule has 0 radical (unpaired) electrons. The number of hydrogen-bond acceptors (Lipinski definition) is 11. The van der Waals surface area contributed by atoms with Gasteiger partial charge in [-0.05, 0) is 30.1 Å². The van der Waals surface area contributed by atoms with Crippen LogP contribution in [0.25, 0.3) is 0 Å². The number of hydrogen-bond donors (Lipinski definition) is 6. The van der Waals surface area contributed by atoms with E-state index in [0.29, 0.717) is 11.8 Å². The van der Waals surface area contributed by atoms with Gasteiger partial charge in [-0.25, -0.2) is 0 Å². The fraction of sp³-hybridized carbons (Fsp3) is 1.00. The third kappa shape index (κ3) is 6.86. The van der Waals surface area contributed by atoms with Crippen LogP contribution in [0.2, 0.25) is 6.82 Å². The molecule has 11 nitrogen and oxygen atoms in total. The van der Waals surface area contributed by atoms with Gasteiger partial charge in [0.15, 0.2) is 12.6 Å². The zero-order valence-electron chi connectivity index (χ0n) is 22.4. The molecule has 3 rings (SSSR count). The summed E-state index contributed by atoms with van der Waals surface area (Å²) >= 11 is 0. The summed E-state index contributed by atoms with van der Waals surface area (Å²) in [5, 5.41) is 62.9. The molecule has 0 bridgehead atoms. The minimum Gasteiger partial charge on any atom is -0.424 e. The SMILES string of the molecule is CC[C@@H]1C[C@H](C)C(C)C(C)[C@@H]1O[C@@H]1OC(CO)[C@@H](O[C@H]2OC(CO)[C@@H](OB(C)P)[C@H](O)C2O)[C@H](O)C1O. The summed E-state index contributed by atoms with van der Waals surface area (Å²) in [6, 6.07) is 0. The number of aliphatic hydroxyl groups excluding tert-OH is 6. The van der Waals surface area contributed by atoms with E-state index in [-0.39, 0.29) is 24.6 Å². The van der Waals surface area contributed by atoms with Gasteiger partial charge >= 0.3 is 6.64 Å². The van der Waals surface area contributed by atoms with E-state index in [0.717, 1.165) is 12.8 Å². The molecule has 3 aliphatic rings. The lowest BCUT2D eigenvalue weighted by molar-refractivity contribution is -0.365. The van der Waals surface area contributed by atoms with E-state index in [4.69, 9.17) is 23.6 Å². The molecule has 0 spiro atoms. The van der Waals surface area contributed by atoms with Crippen LogP contribution < -0.4 is 0 Å². The summed E-state index contributed by atoms with van der Waals surface area (Å²) < 4.78 is 29.1. The Labute approximate surface area is 222 Å².